The number of halogens is 2. The van der Waals surface area contributed by atoms with E-state index in [2.05, 4.69) is 5.32 Å². The number of nitrogens with one attached hydrogen (secondary N) is 1. The lowest BCUT2D eigenvalue weighted by Crippen LogP contribution is -2.43. The monoisotopic (exact) mass is 296 g/mol. The van der Waals surface area contributed by atoms with Crippen LogP contribution in [0.3, 0.4) is 0 Å². The molecular weight excluding hydrogens is 278 g/mol. The van der Waals surface area contributed by atoms with Crippen molar-refractivity contribution in [2.24, 2.45) is 5.73 Å². The number of alkyl carbamates (subject to hydrolysis) is 1. The summed E-state index contributed by atoms with van der Waals surface area (Å²) in [6.45, 7) is 0.577. The van der Waals surface area contributed by atoms with Crippen LogP contribution in [0.2, 0.25) is 0 Å². The fourth-order valence-electron chi connectivity index (χ4n) is 2.32. The third kappa shape index (κ3) is 4.53. The van der Waals surface area contributed by atoms with Crippen molar-refractivity contribution >= 4 is 6.09 Å². The molecule has 4 nitrogen and oxygen atoms in total. The highest BCUT2D eigenvalue weighted by molar-refractivity contribution is 5.67. The molecule has 0 spiro atoms. The number of carbonyl (C=O) groups is 1. The van der Waals surface area contributed by atoms with E-state index in [1.165, 1.54) is 12.1 Å². The Bertz CT molecular complexity index is 508. The summed E-state index contributed by atoms with van der Waals surface area (Å²) < 4.78 is 31.1. The van der Waals surface area contributed by atoms with Crippen molar-refractivity contribution in [2.45, 2.75) is 24.8 Å². The molecule has 0 radical (unpaired) electrons. The van der Waals surface area contributed by atoms with Gasteiger partial charge in [0, 0.05) is 18.7 Å². The van der Waals surface area contributed by atoms with E-state index in [1.54, 1.807) is 12.2 Å². The first-order chi connectivity index (χ1) is 10.1. The number of rotatable bonds is 5. The summed E-state index contributed by atoms with van der Waals surface area (Å²) in [5, 5.41) is 2.71. The van der Waals surface area contributed by atoms with E-state index in [9.17, 15) is 13.6 Å². The average molecular weight is 296 g/mol. The number of carbonyl (C=O) groups excluding carboxylic acids is 1. The zero-order chi connectivity index (χ0) is 15.2. The zero-order valence-electron chi connectivity index (χ0n) is 11.5. The molecule has 2 rings (SSSR count). The van der Waals surface area contributed by atoms with Crippen molar-refractivity contribution < 1.29 is 18.3 Å². The van der Waals surface area contributed by atoms with E-state index in [0.717, 1.165) is 6.07 Å². The Morgan fingerprint density at radius 1 is 1.29 bits per heavy atom. The summed E-state index contributed by atoms with van der Waals surface area (Å²) in [5.74, 6) is -1.09. The van der Waals surface area contributed by atoms with Crippen LogP contribution in [0.25, 0.3) is 0 Å². The lowest BCUT2D eigenvalue weighted by Gasteiger charge is -2.35. The molecule has 0 aliphatic heterocycles. The Balaban J connectivity index is 1.73. The van der Waals surface area contributed by atoms with Gasteiger partial charge >= 0.3 is 6.09 Å². The molecule has 1 aromatic carbocycles. The number of amides is 1. The second-order valence-corrected chi connectivity index (χ2v) is 5.02. The van der Waals surface area contributed by atoms with Gasteiger partial charge in [-0.05, 0) is 42.5 Å². The lowest BCUT2D eigenvalue weighted by atomic mass is 9.76. The highest BCUT2D eigenvalue weighted by atomic mass is 19.1. The topological polar surface area (TPSA) is 64.3 Å². The van der Waals surface area contributed by atoms with Gasteiger partial charge in [-0.25, -0.2) is 13.6 Å². The van der Waals surface area contributed by atoms with Crippen LogP contribution >= 0.6 is 0 Å². The molecule has 0 bridgehead atoms. The van der Waals surface area contributed by atoms with Crippen molar-refractivity contribution in [1.82, 2.24) is 5.32 Å². The Kier molecular flexibility index (Phi) is 5.27. The van der Waals surface area contributed by atoms with Crippen molar-refractivity contribution in [3.63, 3.8) is 0 Å². The van der Waals surface area contributed by atoms with Crippen LogP contribution in [-0.2, 0) is 4.74 Å². The molecule has 3 N–H and O–H groups in total. The molecule has 0 aromatic heterocycles. The molecule has 1 amide bonds. The van der Waals surface area contributed by atoms with E-state index in [0.29, 0.717) is 24.9 Å². The number of nitrogens with two attached hydrogens (primary N) is 1. The third-order valence-electron chi connectivity index (χ3n) is 3.43. The molecule has 1 aliphatic carbocycles. The maximum atomic E-state index is 13.1. The minimum Gasteiger partial charge on any atom is -0.445 e. The minimum atomic E-state index is -0.576. The van der Waals surface area contributed by atoms with Crippen LogP contribution in [0.15, 0.2) is 30.4 Å². The second-order valence-electron chi connectivity index (χ2n) is 5.02. The lowest BCUT2D eigenvalue weighted by molar-refractivity contribution is 0.144. The van der Waals surface area contributed by atoms with Gasteiger partial charge in [-0.15, -0.1) is 0 Å². The number of hydrogen-bond acceptors (Lipinski definition) is 3. The quantitative estimate of drug-likeness (QED) is 0.820. The molecule has 0 unspecified atom stereocenters. The van der Waals surface area contributed by atoms with Gasteiger partial charge in [0.1, 0.15) is 18.2 Å². The third-order valence-corrected chi connectivity index (χ3v) is 3.43. The molecule has 1 saturated carbocycles. The summed E-state index contributed by atoms with van der Waals surface area (Å²) in [7, 11) is 0. The van der Waals surface area contributed by atoms with Gasteiger partial charge < -0.3 is 15.8 Å². The highest BCUT2D eigenvalue weighted by Gasteiger charge is 2.32. The predicted molar refractivity (Wildman–Crippen MR) is 74.8 cm³/mol. The summed E-state index contributed by atoms with van der Waals surface area (Å²) in [6, 6.07) is 3.50. The van der Waals surface area contributed by atoms with E-state index < -0.39 is 17.7 Å². The molecule has 1 aromatic rings. The Hall–Kier alpha value is -1.95. The van der Waals surface area contributed by atoms with Gasteiger partial charge in [-0.1, -0.05) is 6.08 Å². The Labute approximate surface area is 122 Å². The van der Waals surface area contributed by atoms with Crippen LogP contribution in [0.5, 0.6) is 0 Å². The molecule has 21 heavy (non-hydrogen) atoms. The average Bonchev–Trinajstić information content (AvgIpc) is 2.37. The van der Waals surface area contributed by atoms with E-state index >= 15 is 0 Å². The fourth-order valence-corrected chi connectivity index (χ4v) is 2.32. The van der Waals surface area contributed by atoms with E-state index in [4.69, 9.17) is 10.5 Å². The smallest absolute Gasteiger partial charge is 0.407 e. The largest absolute Gasteiger partial charge is 0.445 e. The van der Waals surface area contributed by atoms with Gasteiger partial charge in [-0.3, -0.25) is 0 Å². The SMILES string of the molecule is NC/C=C/COC(=O)NC1CC(c2cc(F)cc(F)c2)C1. The Morgan fingerprint density at radius 2 is 1.95 bits per heavy atom. The van der Waals surface area contributed by atoms with Crippen LogP contribution in [0.4, 0.5) is 13.6 Å². The molecular formula is C15H18F2N2O2. The number of ether oxygens (including phenoxy) is 1. The van der Waals surface area contributed by atoms with E-state index in [-0.39, 0.29) is 18.6 Å². The molecule has 0 heterocycles. The number of benzene rings is 1. The summed E-state index contributed by atoms with van der Waals surface area (Å²) >= 11 is 0. The first-order valence-corrected chi connectivity index (χ1v) is 6.83. The number of hydrogen-bond donors (Lipinski definition) is 2. The zero-order valence-corrected chi connectivity index (χ0v) is 11.5. The van der Waals surface area contributed by atoms with Crippen LogP contribution in [-0.4, -0.2) is 25.3 Å². The Morgan fingerprint density at radius 3 is 2.57 bits per heavy atom. The van der Waals surface area contributed by atoms with Crippen LogP contribution < -0.4 is 11.1 Å². The molecule has 114 valence electrons. The summed E-state index contributed by atoms with van der Waals surface area (Å²) in [4.78, 5) is 11.4. The van der Waals surface area contributed by atoms with Crippen LogP contribution in [0.1, 0.15) is 24.3 Å². The molecule has 1 fully saturated rings. The maximum Gasteiger partial charge on any atom is 0.407 e. The molecule has 1 aliphatic rings. The normalized spacial score (nSPS) is 21.1. The predicted octanol–water partition coefficient (Wildman–Crippen LogP) is 2.45. The summed E-state index contributed by atoms with van der Waals surface area (Å²) in [5.41, 5.74) is 5.88. The first kappa shape index (κ1) is 15.4. The maximum absolute atomic E-state index is 13.1. The molecule has 0 atom stereocenters. The van der Waals surface area contributed by atoms with Gasteiger partial charge in [0.25, 0.3) is 0 Å². The van der Waals surface area contributed by atoms with Crippen molar-refractivity contribution in [1.29, 1.82) is 0 Å². The van der Waals surface area contributed by atoms with Crippen molar-refractivity contribution in [3.8, 4) is 0 Å². The first-order valence-electron chi connectivity index (χ1n) is 6.83. The van der Waals surface area contributed by atoms with Gasteiger partial charge in [0.05, 0.1) is 0 Å². The van der Waals surface area contributed by atoms with Gasteiger partial charge in [0.15, 0.2) is 0 Å². The molecule has 6 heteroatoms. The van der Waals surface area contributed by atoms with Gasteiger partial charge in [0.2, 0.25) is 0 Å². The molecule has 0 saturated heterocycles. The fraction of sp³-hybridized carbons (Fsp3) is 0.400. The standard InChI is InChI=1S/C15H18F2N2O2/c16-12-5-10(6-13(17)9-12)11-7-14(8-11)19-15(20)21-4-2-1-3-18/h1-2,5-6,9,11,14H,3-4,7-8,18H2,(H,19,20)/b2-1+. The van der Waals surface area contributed by atoms with E-state index in [1.807, 2.05) is 0 Å². The van der Waals surface area contributed by atoms with Crippen molar-refractivity contribution in [2.75, 3.05) is 13.2 Å². The van der Waals surface area contributed by atoms with Crippen molar-refractivity contribution in [3.05, 3.63) is 47.5 Å². The highest BCUT2D eigenvalue weighted by Crippen LogP contribution is 2.37. The summed E-state index contributed by atoms with van der Waals surface area (Å²) in [6.07, 6.45) is 4.17. The minimum absolute atomic E-state index is 0.0210. The van der Waals surface area contributed by atoms with Gasteiger partial charge in [-0.2, -0.15) is 0 Å². The van der Waals surface area contributed by atoms with Crippen LogP contribution in [0, 0.1) is 11.6 Å². The second kappa shape index (κ2) is 7.17.